The van der Waals surface area contributed by atoms with Crippen LogP contribution in [0, 0.1) is 11.6 Å². The molecule has 0 radical (unpaired) electrons. The van der Waals surface area contributed by atoms with E-state index in [1.54, 1.807) is 24.2 Å². The molecule has 1 aromatic carbocycles. The Balaban J connectivity index is 0.00000420. The van der Waals surface area contributed by atoms with Gasteiger partial charge in [0.2, 0.25) is 0 Å². The molecule has 0 saturated heterocycles. The van der Waals surface area contributed by atoms with Gasteiger partial charge in [-0.3, -0.25) is 4.99 Å². The third-order valence-electron chi connectivity index (χ3n) is 4.23. The summed E-state index contributed by atoms with van der Waals surface area (Å²) in [5.41, 5.74) is 0.657. The average Bonchev–Trinajstić information content (AvgIpc) is 3.14. The Morgan fingerprint density at radius 2 is 2.10 bits per heavy atom. The predicted octanol–water partition coefficient (Wildman–Crippen LogP) is 3.79. The molecule has 0 aliphatic heterocycles. The summed E-state index contributed by atoms with van der Waals surface area (Å²) >= 11 is 1.78. The van der Waals surface area contributed by atoms with Gasteiger partial charge in [0, 0.05) is 26.1 Å². The molecule has 2 aromatic rings. The van der Waals surface area contributed by atoms with E-state index in [4.69, 9.17) is 0 Å². The van der Waals surface area contributed by atoms with Gasteiger partial charge in [0.1, 0.15) is 12.2 Å². The molecule has 2 rings (SSSR count). The molecular weight excluding hydrogens is 509 g/mol. The maximum Gasteiger partial charge on any atom is 0.191 e. The molecule has 0 saturated carbocycles. The zero-order chi connectivity index (χ0) is 20.4. The van der Waals surface area contributed by atoms with Crippen molar-refractivity contribution in [3.63, 3.8) is 0 Å². The van der Waals surface area contributed by atoms with Crippen molar-refractivity contribution in [1.29, 1.82) is 0 Å². The largest absolute Gasteiger partial charge is 0.355 e. The highest BCUT2D eigenvalue weighted by Gasteiger charge is 2.11. The molecule has 1 heterocycles. The average molecular weight is 538 g/mol. The van der Waals surface area contributed by atoms with Crippen molar-refractivity contribution in [3.8, 4) is 0 Å². The lowest BCUT2D eigenvalue weighted by Crippen LogP contribution is -2.40. The van der Waals surface area contributed by atoms with Crippen LogP contribution in [0.25, 0.3) is 0 Å². The second-order valence-corrected chi connectivity index (χ2v) is 7.32. The Labute approximate surface area is 192 Å². The smallest absolute Gasteiger partial charge is 0.191 e. The lowest BCUT2D eigenvalue weighted by molar-refractivity contribution is 0.504. The van der Waals surface area contributed by atoms with Gasteiger partial charge in [0.25, 0.3) is 0 Å². The number of thioether (sulfide) groups is 1. The van der Waals surface area contributed by atoms with Gasteiger partial charge < -0.3 is 15.2 Å². The SMILES string of the molecule is CCc1nncn1CCNC(=NCCCSC)NC(C)c1ccc(F)c(F)c1.I. The Hall–Kier alpha value is -1.43. The van der Waals surface area contributed by atoms with E-state index in [1.165, 1.54) is 6.07 Å². The predicted molar refractivity (Wildman–Crippen MR) is 126 cm³/mol. The van der Waals surface area contributed by atoms with Crippen LogP contribution in [-0.2, 0) is 13.0 Å². The number of rotatable bonds is 10. The van der Waals surface area contributed by atoms with E-state index in [-0.39, 0.29) is 30.0 Å². The molecule has 0 spiro atoms. The van der Waals surface area contributed by atoms with Crippen molar-refractivity contribution in [1.82, 2.24) is 25.4 Å². The molecular formula is C19H29F2IN6S. The van der Waals surface area contributed by atoms with Gasteiger partial charge in [0.05, 0.1) is 6.04 Å². The maximum absolute atomic E-state index is 13.5. The van der Waals surface area contributed by atoms with Gasteiger partial charge in [-0.1, -0.05) is 13.0 Å². The summed E-state index contributed by atoms with van der Waals surface area (Å²) in [7, 11) is 0. The van der Waals surface area contributed by atoms with Crippen LogP contribution in [-0.4, -0.2) is 45.8 Å². The Kier molecular flexibility index (Phi) is 12.1. The van der Waals surface area contributed by atoms with E-state index in [0.29, 0.717) is 31.2 Å². The van der Waals surface area contributed by atoms with Gasteiger partial charge in [-0.25, -0.2) is 8.78 Å². The third-order valence-corrected chi connectivity index (χ3v) is 4.93. The van der Waals surface area contributed by atoms with E-state index < -0.39 is 11.6 Å². The van der Waals surface area contributed by atoms with E-state index in [9.17, 15) is 8.78 Å². The number of halogens is 3. The fourth-order valence-electron chi connectivity index (χ4n) is 2.66. The number of aliphatic imine (C=N–C) groups is 1. The lowest BCUT2D eigenvalue weighted by Gasteiger charge is -2.19. The summed E-state index contributed by atoms with van der Waals surface area (Å²) in [5, 5.41) is 14.6. The Morgan fingerprint density at radius 3 is 2.79 bits per heavy atom. The van der Waals surface area contributed by atoms with Crippen LogP contribution in [0.2, 0.25) is 0 Å². The normalized spacial score (nSPS) is 12.4. The van der Waals surface area contributed by atoms with Crippen LogP contribution >= 0.6 is 35.7 Å². The summed E-state index contributed by atoms with van der Waals surface area (Å²) in [5.74, 6) is 0.918. The maximum atomic E-state index is 13.5. The number of guanidine groups is 1. The van der Waals surface area contributed by atoms with Crippen molar-refractivity contribution in [2.75, 3.05) is 25.1 Å². The van der Waals surface area contributed by atoms with Crippen LogP contribution in [0.1, 0.15) is 37.7 Å². The quantitative estimate of drug-likeness (QED) is 0.209. The highest BCUT2D eigenvalue weighted by atomic mass is 127. The van der Waals surface area contributed by atoms with E-state index in [2.05, 4.69) is 32.1 Å². The van der Waals surface area contributed by atoms with Gasteiger partial charge in [-0.2, -0.15) is 11.8 Å². The third kappa shape index (κ3) is 8.45. The second-order valence-electron chi connectivity index (χ2n) is 6.34. The molecule has 0 bridgehead atoms. The van der Waals surface area contributed by atoms with Gasteiger partial charge in [0.15, 0.2) is 17.6 Å². The van der Waals surface area contributed by atoms with Crippen molar-refractivity contribution >= 4 is 41.7 Å². The number of hydrogen-bond acceptors (Lipinski definition) is 4. The van der Waals surface area contributed by atoms with Crippen LogP contribution in [0.3, 0.4) is 0 Å². The standard InChI is InChI=1S/C19H28F2N6S.HI/c1-4-18-26-24-13-27(18)10-9-23-19(22-8-5-11-28-3)25-14(2)15-6-7-16(20)17(21)12-15;/h6-7,12-14H,4-5,8-11H2,1-3H3,(H2,22,23,25);1H. The molecule has 1 unspecified atom stereocenters. The molecule has 0 aliphatic carbocycles. The summed E-state index contributed by atoms with van der Waals surface area (Å²) in [4.78, 5) is 4.60. The van der Waals surface area contributed by atoms with E-state index in [0.717, 1.165) is 30.5 Å². The fourth-order valence-corrected chi connectivity index (χ4v) is 3.07. The highest BCUT2D eigenvalue weighted by Crippen LogP contribution is 2.15. The number of aromatic nitrogens is 3. The molecule has 1 aromatic heterocycles. The number of benzene rings is 1. The van der Waals surface area contributed by atoms with Gasteiger partial charge in [-0.05, 0) is 43.0 Å². The topological polar surface area (TPSA) is 67.1 Å². The minimum atomic E-state index is -0.850. The van der Waals surface area contributed by atoms with Crippen molar-refractivity contribution in [2.24, 2.45) is 4.99 Å². The molecule has 1 atom stereocenters. The van der Waals surface area contributed by atoms with Crippen LogP contribution in [0.5, 0.6) is 0 Å². The fraction of sp³-hybridized carbons (Fsp3) is 0.526. The van der Waals surface area contributed by atoms with Crippen LogP contribution in [0.15, 0.2) is 29.5 Å². The van der Waals surface area contributed by atoms with Gasteiger partial charge >= 0.3 is 0 Å². The molecule has 0 amide bonds. The number of nitrogens with zero attached hydrogens (tertiary/aromatic N) is 4. The monoisotopic (exact) mass is 538 g/mol. The van der Waals surface area contributed by atoms with Gasteiger partial charge in [-0.15, -0.1) is 34.2 Å². The first-order chi connectivity index (χ1) is 13.5. The molecule has 0 aliphatic rings. The minimum absolute atomic E-state index is 0. The highest BCUT2D eigenvalue weighted by molar-refractivity contribution is 14.0. The first-order valence-electron chi connectivity index (χ1n) is 9.40. The van der Waals surface area contributed by atoms with E-state index in [1.807, 2.05) is 18.4 Å². The molecule has 162 valence electrons. The van der Waals surface area contributed by atoms with Crippen molar-refractivity contribution in [2.45, 2.75) is 39.3 Å². The number of hydrogen-bond donors (Lipinski definition) is 2. The number of nitrogens with one attached hydrogen (secondary N) is 2. The first-order valence-corrected chi connectivity index (χ1v) is 10.8. The Bertz CT molecular complexity index is 771. The molecule has 2 N–H and O–H groups in total. The molecule has 0 fully saturated rings. The number of aryl methyl sites for hydroxylation is 1. The lowest BCUT2D eigenvalue weighted by atomic mass is 10.1. The van der Waals surface area contributed by atoms with Crippen LogP contribution < -0.4 is 10.6 Å². The first kappa shape index (κ1) is 25.6. The zero-order valence-electron chi connectivity index (χ0n) is 17.0. The second kappa shape index (κ2) is 13.7. The molecule has 6 nitrogen and oxygen atoms in total. The van der Waals surface area contributed by atoms with E-state index >= 15 is 0 Å². The van der Waals surface area contributed by atoms with Crippen molar-refractivity contribution < 1.29 is 8.78 Å². The van der Waals surface area contributed by atoms with Crippen LogP contribution in [0.4, 0.5) is 8.78 Å². The summed E-state index contributed by atoms with van der Waals surface area (Å²) in [6.45, 7) is 5.97. The minimum Gasteiger partial charge on any atom is -0.355 e. The van der Waals surface area contributed by atoms with Crippen molar-refractivity contribution in [3.05, 3.63) is 47.5 Å². The summed E-state index contributed by atoms with van der Waals surface area (Å²) in [6, 6.07) is 3.71. The zero-order valence-corrected chi connectivity index (χ0v) is 20.1. The molecule has 29 heavy (non-hydrogen) atoms. The Morgan fingerprint density at radius 1 is 1.31 bits per heavy atom. The summed E-state index contributed by atoms with van der Waals surface area (Å²) in [6.07, 6.45) is 5.57. The molecule has 10 heteroatoms. The summed E-state index contributed by atoms with van der Waals surface area (Å²) < 4.78 is 28.7.